The molecular weight excluding hydrogens is 432 g/mol. The number of rotatable bonds is 7. The summed E-state index contributed by atoms with van der Waals surface area (Å²) in [5.41, 5.74) is 10.2. The van der Waals surface area contributed by atoms with E-state index in [9.17, 15) is 8.42 Å². The van der Waals surface area contributed by atoms with E-state index < -0.39 is 10.0 Å². The Hall–Kier alpha value is -3.11. The number of anilines is 2. The molecule has 4 N–H and O–H groups in total. The zero-order chi connectivity index (χ0) is 22.0. The molecule has 0 fully saturated rings. The molecule has 2 aromatic heterocycles. The lowest BCUT2D eigenvalue weighted by Crippen LogP contribution is -2.15. The predicted molar refractivity (Wildman–Crippen MR) is 125 cm³/mol. The third-order valence-corrected chi connectivity index (χ3v) is 6.89. The van der Waals surface area contributed by atoms with Crippen molar-refractivity contribution in [3.8, 4) is 11.3 Å². The van der Waals surface area contributed by atoms with Crippen LogP contribution < -0.4 is 10.5 Å². The van der Waals surface area contributed by atoms with Crippen molar-refractivity contribution in [1.29, 1.82) is 0 Å². The molecule has 0 aliphatic rings. The van der Waals surface area contributed by atoms with Gasteiger partial charge in [0, 0.05) is 21.8 Å². The Labute approximate surface area is 184 Å². The quantitative estimate of drug-likeness (QED) is 0.357. The van der Waals surface area contributed by atoms with Gasteiger partial charge in [-0.3, -0.25) is 9.82 Å². The molecule has 10 heteroatoms. The SMILES string of the molecule is CCCS(=O)(=O)Nc1ccc(Sc2nc(N)c3c(-c4cc(C)[nH]n4)cccc3n2)cc1. The number of sulfonamides is 1. The molecular formula is C21H22N6O2S2. The van der Waals surface area contributed by atoms with Gasteiger partial charge in [-0.15, -0.1) is 0 Å². The summed E-state index contributed by atoms with van der Waals surface area (Å²) < 4.78 is 26.4. The van der Waals surface area contributed by atoms with Gasteiger partial charge >= 0.3 is 0 Å². The van der Waals surface area contributed by atoms with E-state index in [2.05, 4.69) is 24.9 Å². The molecule has 31 heavy (non-hydrogen) atoms. The van der Waals surface area contributed by atoms with Gasteiger partial charge in [0.2, 0.25) is 10.0 Å². The summed E-state index contributed by atoms with van der Waals surface area (Å²) in [5.74, 6) is 0.473. The maximum absolute atomic E-state index is 11.9. The van der Waals surface area contributed by atoms with Crippen LogP contribution in [0.1, 0.15) is 19.0 Å². The van der Waals surface area contributed by atoms with Crippen molar-refractivity contribution in [2.75, 3.05) is 16.2 Å². The second kappa shape index (κ2) is 8.56. The normalized spacial score (nSPS) is 11.7. The van der Waals surface area contributed by atoms with E-state index in [1.54, 1.807) is 12.1 Å². The maximum atomic E-state index is 11.9. The summed E-state index contributed by atoms with van der Waals surface area (Å²) in [4.78, 5) is 10.0. The van der Waals surface area contributed by atoms with Crippen molar-refractivity contribution in [1.82, 2.24) is 20.2 Å². The van der Waals surface area contributed by atoms with Crippen LogP contribution in [0.15, 0.2) is 58.6 Å². The highest BCUT2D eigenvalue weighted by atomic mass is 32.2. The highest BCUT2D eigenvalue weighted by Gasteiger charge is 2.14. The Kier molecular flexibility index (Phi) is 5.84. The van der Waals surface area contributed by atoms with Gasteiger partial charge in [0.1, 0.15) is 5.82 Å². The van der Waals surface area contributed by atoms with Crippen LogP contribution in [-0.2, 0) is 10.0 Å². The fourth-order valence-corrected chi connectivity index (χ4v) is 5.11. The van der Waals surface area contributed by atoms with Crippen LogP contribution in [0, 0.1) is 6.92 Å². The second-order valence-corrected chi connectivity index (χ2v) is 9.96. The zero-order valence-corrected chi connectivity index (χ0v) is 18.7. The zero-order valence-electron chi connectivity index (χ0n) is 17.1. The van der Waals surface area contributed by atoms with E-state index in [1.807, 2.05) is 50.2 Å². The molecule has 4 rings (SSSR count). The predicted octanol–water partition coefficient (Wildman–Crippen LogP) is 4.21. The number of nitrogen functional groups attached to an aromatic ring is 1. The van der Waals surface area contributed by atoms with E-state index in [4.69, 9.17) is 5.73 Å². The molecule has 2 aromatic carbocycles. The largest absolute Gasteiger partial charge is 0.383 e. The number of H-pyrrole nitrogens is 1. The highest BCUT2D eigenvalue weighted by Crippen LogP contribution is 2.33. The van der Waals surface area contributed by atoms with Crippen molar-refractivity contribution in [2.45, 2.75) is 30.3 Å². The van der Waals surface area contributed by atoms with Gasteiger partial charge in [0.15, 0.2) is 5.16 Å². The second-order valence-electron chi connectivity index (χ2n) is 7.07. The van der Waals surface area contributed by atoms with Crippen LogP contribution in [0.25, 0.3) is 22.2 Å². The molecule has 0 aliphatic heterocycles. The van der Waals surface area contributed by atoms with Gasteiger partial charge in [0.25, 0.3) is 0 Å². The lowest BCUT2D eigenvalue weighted by atomic mass is 10.1. The van der Waals surface area contributed by atoms with Crippen LogP contribution in [0.4, 0.5) is 11.5 Å². The third-order valence-electron chi connectivity index (χ3n) is 4.52. The minimum Gasteiger partial charge on any atom is -0.383 e. The van der Waals surface area contributed by atoms with Crippen LogP contribution in [0.5, 0.6) is 0 Å². The van der Waals surface area contributed by atoms with Crippen molar-refractivity contribution in [3.05, 3.63) is 54.2 Å². The number of hydrogen-bond donors (Lipinski definition) is 3. The van der Waals surface area contributed by atoms with E-state index in [1.165, 1.54) is 11.8 Å². The number of aromatic nitrogens is 4. The van der Waals surface area contributed by atoms with Crippen LogP contribution in [0.2, 0.25) is 0 Å². The molecule has 0 atom stereocenters. The fourth-order valence-electron chi connectivity index (χ4n) is 3.20. The Morgan fingerprint density at radius 2 is 1.90 bits per heavy atom. The number of benzene rings is 2. The molecule has 160 valence electrons. The molecule has 0 unspecified atom stereocenters. The van der Waals surface area contributed by atoms with E-state index >= 15 is 0 Å². The summed E-state index contributed by atoms with van der Waals surface area (Å²) in [6.07, 6.45) is 0.561. The van der Waals surface area contributed by atoms with Crippen molar-refractivity contribution in [2.24, 2.45) is 0 Å². The Balaban J connectivity index is 1.60. The molecule has 0 spiro atoms. The Bertz CT molecular complexity index is 1330. The average molecular weight is 455 g/mol. The van der Waals surface area contributed by atoms with Gasteiger partial charge < -0.3 is 5.73 Å². The number of fused-ring (bicyclic) bond motifs is 1. The standard InChI is InChI=1S/C21H22N6O2S2/c1-3-11-31(28,29)27-14-7-9-15(10-8-14)30-21-23-17-6-4-5-16(19(17)20(22)24-21)18-12-13(2)25-26-18/h4-10,12,27H,3,11H2,1-2H3,(H,25,26)(H2,22,23,24). The number of aryl methyl sites for hydroxylation is 1. The lowest BCUT2D eigenvalue weighted by Gasteiger charge is -2.09. The number of nitrogens with two attached hydrogens (primary N) is 1. The van der Waals surface area contributed by atoms with Crippen molar-refractivity contribution >= 4 is 44.2 Å². The van der Waals surface area contributed by atoms with Crippen LogP contribution >= 0.6 is 11.8 Å². The Morgan fingerprint density at radius 3 is 2.58 bits per heavy atom. The molecule has 0 radical (unpaired) electrons. The first kappa shape index (κ1) is 21.1. The van der Waals surface area contributed by atoms with Crippen molar-refractivity contribution in [3.63, 3.8) is 0 Å². The molecule has 4 aromatic rings. The minimum absolute atomic E-state index is 0.0908. The molecule has 0 bridgehead atoms. The van der Waals surface area contributed by atoms with Crippen molar-refractivity contribution < 1.29 is 8.42 Å². The maximum Gasteiger partial charge on any atom is 0.232 e. The minimum atomic E-state index is -3.32. The summed E-state index contributed by atoms with van der Waals surface area (Å²) in [7, 11) is -3.32. The number of aromatic amines is 1. The Morgan fingerprint density at radius 1 is 1.13 bits per heavy atom. The number of nitrogens with one attached hydrogen (secondary N) is 2. The summed E-state index contributed by atoms with van der Waals surface area (Å²) in [5, 5.41) is 8.54. The highest BCUT2D eigenvalue weighted by molar-refractivity contribution is 7.99. The van der Waals surface area contributed by atoms with E-state index in [0.717, 1.165) is 32.7 Å². The first-order chi connectivity index (χ1) is 14.8. The molecule has 0 saturated carbocycles. The molecule has 2 heterocycles. The van der Waals surface area contributed by atoms with Gasteiger partial charge in [-0.05, 0) is 61.5 Å². The smallest absolute Gasteiger partial charge is 0.232 e. The monoisotopic (exact) mass is 454 g/mol. The number of hydrogen-bond acceptors (Lipinski definition) is 7. The summed E-state index contributed by atoms with van der Waals surface area (Å²) >= 11 is 1.36. The van der Waals surface area contributed by atoms with Gasteiger partial charge in [-0.2, -0.15) is 5.10 Å². The summed E-state index contributed by atoms with van der Waals surface area (Å²) in [6, 6.07) is 14.8. The first-order valence-electron chi connectivity index (χ1n) is 9.71. The fraction of sp³-hybridized carbons (Fsp3) is 0.190. The van der Waals surface area contributed by atoms with E-state index in [0.29, 0.717) is 23.1 Å². The van der Waals surface area contributed by atoms with Crippen LogP contribution in [0.3, 0.4) is 0 Å². The third kappa shape index (κ3) is 4.80. The topological polar surface area (TPSA) is 127 Å². The molecule has 8 nitrogen and oxygen atoms in total. The number of nitrogens with zero attached hydrogens (tertiary/aromatic N) is 3. The first-order valence-corrected chi connectivity index (χ1v) is 12.2. The average Bonchev–Trinajstić information content (AvgIpc) is 3.15. The molecule has 0 aliphatic carbocycles. The molecule has 0 amide bonds. The van der Waals surface area contributed by atoms with E-state index in [-0.39, 0.29) is 5.75 Å². The van der Waals surface area contributed by atoms with Gasteiger partial charge in [-0.1, -0.05) is 19.1 Å². The van der Waals surface area contributed by atoms with Gasteiger partial charge in [0.05, 0.1) is 22.3 Å². The molecule has 0 saturated heterocycles. The summed E-state index contributed by atoms with van der Waals surface area (Å²) in [6.45, 7) is 3.77. The van der Waals surface area contributed by atoms with Crippen LogP contribution in [-0.4, -0.2) is 34.3 Å². The lowest BCUT2D eigenvalue weighted by molar-refractivity contribution is 0.600. The van der Waals surface area contributed by atoms with Gasteiger partial charge in [-0.25, -0.2) is 18.4 Å².